The summed E-state index contributed by atoms with van der Waals surface area (Å²) in [7, 11) is 1.65. The number of benzene rings is 2. The minimum absolute atomic E-state index is 0.335. The number of rotatable bonds is 3. The van der Waals surface area contributed by atoms with Gasteiger partial charge in [-0.3, -0.25) is 4.57 Å². The summed E-state index contributed by atoms with van der Waals surface area (Å²) in [5.74, 6) is 1.52. The van der Waals surface area contributed by atoms with Gasteiger partial charge in [-0.05, 0) is 42.3 Å². The van der Waals surface area contributed by atoms with E-state index in [0.717, 1.165) is 22.6 Å². The summed E-state index contributed by atoms with van der Waals surface area (Å²) < 4.78 is 7.08. The summed E-state index contributed by atoms with van der Waals surface area (Å²) in [6, 6.07) is 15.7. The minimum atomic E-state index is 0.335. The van der Waals surface area contributed by atoms with Crippen LogP contribution in [0, 0.1) is 6.92 Å². The molecule has 1 heterocycles. The first kappa shape index (κ1) is 13.6. The molecule has 0 fully saturated rings. The fraction of sp³-hybridized carbons (Fsp3) is 0.125. The fourth-order valence-electron chi connectivity index (χ4n) is 2.26. The van der Waals surface area contributed by atoms with Crippen molar-refractivity contribution in [1.82, 2.24) is 14.8 Å². The highest BCUT2D eigenvalue weighted by Gasteiger charge is 2.15. The lowest BCUT2D eigenvalue weighted by atomic mass is 10.1. The van der Waals surface area contributed by atoms with Crippen molar-refractivity contribution in [2.24, 2.45) is 0 Å². The van der Waals surface area contributed by atoms with Crippen LogP contribution >= 0.6 is 11.6 Å². The SMILES string of the molecule is COc1ccc(-n2c(Cl)nnc2-c2ccccc2)c(C)c1. The van der Waals surface area contributed by atoms with Crippen molar-refractivity contribution in [2.45, 2.75) is 6.92 Å². The van der Waals surface area contributed by atoms with E-state index in [1.165, 1.54) is 0 Å². The van der Waals surface area contributed by atoms with Crippen LogP contribution in [0.2, 0.25) is 5.28 Å². The Bertz CT molecular complexity index is 768. The van der Waals surface area contributed by atoms with Gasteiger partial charge in [0.1, 0.15) is 5.75 Å². The Kier molecular flexibility index (Phi) is 3.62. The van der Waals surface area contributed by atoms with Crippen LogP contribution in [-0.2, 0) is 0 Å². The van der Waals surface area contributed by atoms with Gasteiger partial charge in [-0.25, -0.2) is 0 Å². The molecule has 0 saturated carbocycles. The van der Waals surface area contributed by atoms with Crippen LogP contribution < -0.4 is 4.74 Å². The topological polar surface area (TPSA) is 39.9 Å². The van der Waals surface area contributed by atoms with E-state index < -0.39 is 0 Å². The van der Waals surface area contributed by atoms with E-state index in [2.05, 4.69) is 10.2 Å². The maximum absolute atomic E-state index is 6.23. The second kappa shape index (κ2) is 5.58. The number of hydrogen-bond donors (Lipinski definition) is 0. The number of ether oxygens (including phenoxy) is 1. The molecule has 2 aromatic carbocycles. The highest BCUT2D eigenvalue weighted by atomic mass is 35.5. The van der Waals surface area contributed by atoms with Gasteiger partial charge in [-0.2, -0.15) is 0 Å². The van der Waals surface area contributed by atoms with Crippen LogP contribution in [0.5, 0.6) is 5.75 Å². The normalized spacial score (nSPS) is 10.6. The van der Waals surface area contributed by atoms with Gasteiger partial charge in [-0.1, -0.05) is 30.3 Å². The van der Waals surface area contributed by atoms with Gasteiger partial charge in [0.25, 0.3) is 0 Å². The molecule has 0 aliphatic heterocycles. The zero-order valence-electron chi connectivity index (χ0n) is 11.7. The zero-order chi connectivity index (χ0) is 14.8. The van der Waals surface area contributed by atoms with Gasteiger partial charge < -0.3 is 4.74 Å². The molecular weight excluding hydrogens is 286 g/mol. The number of hydrogen-bond acceptors (Lipinski definition) is 3. The number of nitrogens with zero attached hydrogens (tertiary/aromatic N) is 3. The lowest BCUT2D eigenvalue weighted by Gasteiger charge is -2.12. The zero-order valence-corrected chi connectivity index (χ0v) is 12.5. The maximum atomic E-state index is 6.23. The van der Waals surface area contributed by atoms with Crippen LogP contribution in [0.15, 0.2) is 48.5 Å². The van der Waals surface area contributed by atoms with Gasteiger partial charge >= 0.3 is 0 Å². The van der Waals surface area contributed by atoms with E-state index >= 15 is 0 Å². The third-order valence-electron chi connectivity index (χ3n) is 3.30. The summed E-state index contributed by atoms with van der Waals surface area (Å²) >= 11 is 6.23. The molecule has 0 N–H and O–H groups in total. The van der Waals surface area contributed by atoms with Crippen LogP contribution in [-0.4, -0.2) is 21.9 Å². The van der Waals surface area contributed by atoms with Crippen LogP contribution in [0.1, 0.15) is 5.56 Å². The van der Waals surface area contributed by atoms with E-state index in [-0.39, 0.29) is 0 Å². The van der Waals surface area contributed by atoms with Crippen molar-refractivity contribution in [3.05, 3.63) is 59.4 Å². The minimum Gasteiger partial charge on any atom is -0.497 e. The van der Waals surface area contributed by atoms with E-state index in [9.17, 15) is 0 Å². The smallest absolute Gasteiger partial charge is 0.229 e. The average molecular weight is 300 g/mol. The molecule has 0 spiro atoms. The third kappa shape index (κ3) is 2.50. The first-order chi connectivity index (χ1) is 10.2. The molecular formula is C16H14ClN3O. The largest absolute Gasteiger partial charge is 0.497 e. The molecule has 106 valence electrons. The molecule has 0 bridgehead atoms. The van der Waals surface area contributed by atoms with Crippen molar-refractivity contribution in [1.29, 1.82) is 0 Å². The van der Waals surface area contributed by atoms with E-state index in [1.807, 2.05) is 60.0 Å². The standard InChI is InChI=1S/C16H14ClN3O/c1-11-10-13(21-2)8-9-14(11)20-15(18-19-16(20)17)12-6-4-3-5-7-12/h3-10H,1-2H3. The summed E-state index contributed by atoms with van der Waals surface area (Å²) in [5.41, 5.74) is 2.94. The molecule has 3 rings (SSSR count). The number of aromatic nitrogens is 3. The predicted octanol–water partition coefficient (Wildman–Crippen LogP) is 3.90. The molecule has 0 aliphatic rings. The van der Waals surface area contributed by atoms with Crippen molar-refractivity contribution >= 4 is 11.6 Å². The number of halogens is 1. The van der Waals surface area contributed by atoms with Gasteiger partial charge in [0.2, 0.25) is 5.28 Å². The first-order valence-corrected chi connectivity index (χ1v) is 6.90. The van der Waals surface area contributed by atoms with E-state index in [4.69, 9.17) is 16.3 Å². The molecule has 0 radical (unpaired) electrons. The molecule has 0 unspecified atom stereocenters. The van der Waals surface area contributed by atoms with Crippen LogP contribution in [0.4, 0.5) is 0 Å². The Hall–Kier alpha value is -2.33. The lowest BCUT2D eigenvalue weighted by molar-refractivity contribution is 0.414. The molecule has 0 amide bonds. The molecule has 4 nitrogen and oxygen atoms in total. The maximum Gasteiger partial charge on any atom is 0.229 e. The molecule has 0 atom stereocenters. The Labute approximate surface area is 128 Å². The predicted molar refractivity (Wildman–Crippen MR) is 83.1 cm³/mol. The number of methoxy groups -OCH3 is 1. The Balaban J connectivity index is 2.17. The summed E-state index contributed by atoms with van der Waals surface area (Å²) in [6.07, 6.45) is 0. The van der Waals surface area contributed by atoms with Crippen molar-refractivity contribution in [3.63, 3.8) is 0 Å². The van der Waals surface area contributed by atoms with Crippen molar-refractivity contribution in [3.8, 4) is 22.8 Å². The van der Waals surface area contributed by atoms with Crippen molar-refractivity contribution < 1.29 is 4.74 Å². The second-order valence-electron chi connectivity index (χ2n) is 4.65. The molecule has 5 heteroatoms. The molecule has 0 saturated heterocycles. The molecule has 1 aromatic heterocycles. The van der Waals surface area contributed by atoms with Gasteiger partial charge in [0.15, 0.2) is 5.82 Å². The fourth-order valence-corrected chi connectivity index (χ4v) is 2.47. The summed E-state index contributed by atoms with van der Waals surface area (Å²) in [6.45, 7) is 2.00. The van der Waals surface area contributed by atoms with Gasteiger partial charge in [0.05, 0.1) is 12.8 Å². The van der Waals surface area contributed by atoms with Crippen LogP contribution in [0.25, 0.3) is 17.1 Å². The quantitative estimate of drug-likeness (QED) is 0.736. The molecule has 0 aliphatic carbocycles. The van der Waals surface area contributed by atoms with Crippen LogP contribution in [0.3, 0.4) is 0 Å². The number of aryl methyl sites for hydroxylation is 1. The highest BCUT2D eigenvalue weighted by Crippen LogP contribution is 2.28. The van der Waals surface area contributed by atoms with E-state index in [1.54, 1.807) is 7.11 Å². The monoisotopic (exact) mass is 299 g/mol. The van der Waals surface area contributed by atoms with Gasteiger partial charge in [0, 0.05) is 5.56 Å². The molecule has 3 aromatic rings. The summed E-state index contributed by atoms with van der Waals surface area (Å²) in [4.78, 5) is 0. The highest BCUT2D eigenvalue weighted by molar-refractivity contribution is 6.28. The van der Waals surface area contributed by atoms with E-state index in [0.29, 0.717) is 11.1 Å². The Morgan fingerprint density at radius 2 is 1.81 bits per heavy atom. The lowest BCUT2D eigenvalue weighted by Crippen LogP contribution is -2.00. The first-order valence-electron chi connectivity index (χ1n) is 6.52. The average Bonchev–Trinajstić information content (AvgIpc) is 2.89. The van der Waals surface area contributed by atoms with Crippen molar-refractivity contribution in [2.75, 3.05) is 7.11 Å². The third-order valence-corrected chi connectivity index (χ3v) is 3.55. The second-order valence-corrected chi connectivity index (χ2v) is 4.98. The Morgan fingerprint density at radius 1 is 1.05 bits per heavy atom. The van der Waals surface area contributed by atoms with Gasteiger partial charge in [-0.15, -0.1) is 10.2 Å². The summed E-state index contributed by atoms with van der Waals surface area (Å²) in [5, 5.41) is 8.53. The Morgan fingerprint density at radius 3 is 2.48 bits per heavy atom. The molecule has 21 heavy (non-hydrogen) atoms.